The second kappa shape index (κ2) is 8.94. The van der Waals surface area contributed by atoms with Gasteiger partial charge in [-0.1, -0.05) is 19.1 Å². The Balaban J connectivity index is 2.26. The molecule has 0 atom stereocenters. The summed E-state index contributed by atoms with van der Waals surface area (Å²) in [6, 6.07) is 10.8. The highest BCUT2D eigenvalue weighted by Gasteiger charge is 2.22. The summed E-state index contributed by atoms with van der Waals surface area (Å²) < 4.78 is 32.7. The molecule has 2 aromatic carbocycles. The molecule has 27 heavy (non-hydrogen) atoms. The number of hydrogen-bond acceptors (Lipinski definition) is 6. The molecule has 0 saturated carbocycles. The van der Waals surface area contributed by atoms with Crippen LogP contribution in [0.25, 0.3) is 0 Å². The lowest BCUT2D eigenvalue weighted by Gasteiger charge is -2.12. The lowest BCUT2D eigenvalue weighted by Crippen LogP contribution is -2.31. The number of benzene rings is 2. The summed E-state index contributed by atoms with van der Waals surface area (Å²) in [6.45, 7) is 2.73. The van der Waals surface area contributed by atoms with Gasteiger partial charge in [-0.3, -0.25) is 10.1 Å². The van der Waals surface area contributed by atoms with Gasteiger partial charge in [-0.15, -0.1) is 0 Å². The summed E-state index contributed by atoms with van der Waals surface area (Å²) >= 11 is 0. The molecule has 2 aromatic rings. The third kappa shape index (κ3) is 5.75. The number of ether oxygens (including phenoxy) is 1. The minimum atomic E-state index is -3.85. The Kier molecular flexibility index (Phi) is 6.89. The van der Waals surface area contributed by atoms with Crippen molar-refractivity contribution in [3.8, 4) is 11.5 Å². The maximum Gasteiger partial charge on any atom is 0.312 e. The van der Waals surface area contributed by atoms with Crippen LogP contribution in [0, 0.1) is 10.1 Å². The monoisotopic (exact) mass is 393 g/mol. The zero-order chi connectivity index (χ0) is 20.0. The fraction of sp³-hybridized carbons (Fsp3) is 0.333. The van der Waals surface area contributed by atoms with Crippen molar-refractivity contribution in [1.82, 2.24) is 9.62 Å². The summed E-state index contributed by atoms with van der Waals surface area (Å²) in [7, 11) is -0.212. The Morgan fingerprint density at radius 3 is 2.37 bits per heavy atom. The van der Waals surface area contributed by atoms with Gasteiger partial charge in [-0.05, 0) is 50.3 Å². The minimum Gasteiger partial charge on any atom is -0.450 e. The van der Waals surface area contributed by atoms with Gasteiger partial charge in [0, 0.05) is 19.2 Å². The van der Waals surface area contributed by atoms with Gasteiger partial charge < -0.3 is 9.64 Å². The molecule has 0 fully saturated rings. The van der Waals surface area contributed by atoms with Crippen LogP contribution in [0.2, 0.25) is 0 Å². The van der Waals surface area contributed by atoms with Crippen LogP contribution in [0.15, 0.2) is 47.4 Å². The molecule has 0 amide bonds. The Labute approximate surface area is 159 Å². The molecule has 0 saturated heterocycles. The van der Waals surface area contributed by atoms with Crippen molar-refractivity contribution < 1.29 is 18.1 Å². The van der Waals surface area contributed by atoms with Crippen LogP contribution in [-0.4, -0.2) is 45.4 Å². The lowest BCUT2D eigenvalue weighted by molar-refractivity contribution is -0.385. The van der Waals surface area contributed by atoms with Crippen LogP contribution in [0.5, 0.6) is 11.5 Å². The Hall–Kier alpha value is -2.49. The number of sulfonamides is 1. The van der Waals surface area contributed by atoms with E-state index in [0.29, 0.717) is 12.3 Å². The minimum absolute atomic E-state index is 0.0171. The first-order valence-corrected chi connectivity index (χ1v) is 9.91. The van der Waals surface area contributed by atoms with Gasteiger partial charge in [0.25, 0.3) is 0 Å². The van der Waals surface area contributed by atoms with Gasteiger partial charge in [0.2, 0.25) is 15.8 Å². The average Bonchev–Trinajstić information content (AvgIpc) is 2.62. The summed E-state index contributed by atoms with van der Waals surface area (Å²) in [6.07, 6.45) is 0.869. The fourth-order valence-corrected chi connectivity index (χ4v) is 3.34. The van der Waals surface area contributed by atoms with Gasteiger partial charge >= 0.3 is 5.69 Å². The molecular weight excluding hydrogens is 370 g/mol. The van der Waals surface area contributed by atoms with E-state index in [4.69, 9.17) is 4.74 Å². The molecule has 1 N–H and O–H groups in total. The molecule has 0 aliphatic rings. The predicted octanol–water partition coefficient (Wildman–Crippen LogP) is 2.79. The largest absolute Gasteiger partial charge is 0.450 e. The smallest absolute Gasteiger partial charge is 0.312 e. The molecule has 0 aliphatic carbocycles. The van der Waals surface area contributed by atoms with Crippen molar-refractivity contribution in [2.24, 2.45) is 0 Å². The maximum absolute atomic E-state index is 12.3. The van der Waals surface area contributed by atoms with Gasteiger partial charge in [0.1, 0.15) is 5.75 Å². The number of nitro benzene ring substituents is 1. The van der Waals surface area contributed by atoms with Crippen LogP contribution >= 0.6 is 0 Å². The molecule has 146 valence electrons. The number of nitrogens with one attached hydrogen (secondary N) is 1. The van der Waals surface area contributed by atoms with Crippen molar-refractivity contribution in [3.63, 3.8) is 0 Å². The number of hydrogen-bond donors (Lipinski definition) is 1. The average molecular weight is 393 g/mol. The first-order chi connectivity index (χ1) is 12.7. The third-order valence-electron chi connectivity index (χ3n) is 3.85. The van der Waals surface area contributed by atoms with Crippen molar-refractivity contribution >= 4 is 15.7 Å². The SMILES string of the molecule is CCc1ccc(Oc2ccc(S(=O)(=O)NCCN(C)C)cc2[N+](=O)[O-])cc1. The molecule has 0 bridgehead atoms. The first-order valence-electron chi connectivity index (χ1n) is 8.42. The maximum atomic E-state index is 12.3. The van der Waals surface area contributed by atoms with Gasteiger partial charge in [0.05, 0.1) is 9.82 Å². The highest BCUT2D eigenvalue weighted by molar-refractivity contribution is 7.89. The number of nitrogens with zero attached hydrogens (tertiary/aromatic N) is 2. The molecule has 2 rings (SSSR count). The van der Waals surface area contributed by atoms with E-state index in [0.717, 1.165) is 18.1 Å². The summed E-state index contributed by atoms with van der Waals surface area (Å²) in [4.78, 5) is 12.4. The van der Waals surface area contributed by atoms with Crippen LogP contribution in [0.3, 0.4) is 0 Å². The zero-order valence-corrected chi connectivity index (χ0v) is 16.3. The molecule has 0 spiro atoms. The normalized spacial score (nSPS) is 11.6. The highest BCUT2D eigenvalue weighted by atomic mass is 32.2. The van der Waals surface area contributed by atoms with Crippen LogP contribution in [0.4, 0.5) is 5.69 Å². The van der Waals surface area contributed by atoms with E-state index in [9.17, 15) is 18.5 Å². The topological polar surface area (TPSA) is 102 Å². The van der Waals surface area contributed by atoms with Crippen LogP contribution in [0.1, 0.15) is 12.5 Å². The van der Waals surface area contributed by atoms with E-state index in [2.05, 4.69) is 4.72 Å². The number of rotatable bonds is 9. The molecule has 0 heterocycles. The molecule has 0 radical (unpaired) electrons. The lowest BCUT2D eigenvalue weighted by atomic mass is 10.2. The second-order valence-electron chi connectivity index (χ2n) is 6.19. The standard InChI is InChI=1S/C18H23N3O5S/c1-4-14-5-7-15(8-6-14)26-18-10-9-16(13-17(18)21(22)23)27(24,25)19-11-12-20(2)3/h5-10,13,19H,4,11-12H2,1-3H3. The van der Waals surface area contributed by atoms with E-state index < -0.39 is 20.6 Å². The Morgan fingerprint density at radius 2 is 1.81 bits per heavy atom. The summed E-state index contributed by atoms with van der Waals surface area (Å²) in [5, 5.41) is 11.4. The summed E-state index contributed by atoms with van der Waals surface area (Å²) in [5.41, 5.74) is 0.701. The molecule has 0 unspecified atom stereocenters. The molecule has 0 aliphatic heterocycles. The molecule has 8 nitrogen and oxygen atoms in total. The van der Waals surface area contributed by atoms with E-state index in [1.165, 1.54) is 12.1 Å². The van der Waals surface area contributed by atoms with Gasteiger partial charge in [-0.2, -0.15) is 0 Å². The van der Waals surface area contributed by atoms with E-state index in [-0.39, 0.29) is 17.2 Å². The quantitative estimate of drug-likeness (QED) is 0.519. The number of nitro groups is 1. The molecule has 9 heteroatoms. The van der Waals surface area contributed by atoms with E-state index in [1.54, 1.807) is 12.1 Å². The van der Waals surface area contributed by atoms with Gasteiger partial charge in [-0.25, -0.2) is 13.1 Å². The summed E-state index contributed by atoms with van der Waals surface area (Å²) in [5.74, 6) is 0.423. The second-order valence-corrected chi connectivity index (χ2v) is 7.95. The van der Waals surface area contributed by atoms with Crippen molar-refractivity contribution in [1.29, 1.82) is 0 Å². The highest BCUT2D eigenvalue weighted by Crippen LogP contribution is 2.33. The molecular formula is C18H23N3O5S. The van der Waals surface area contributed by atoms with Crippen LogP contribution in [-0.2, 0) is 16.4 Å². The van der Waals surface area contributed by atoms with E-state index >= 15 is 0 Å². The predicted molar refractivity (Wildman–Crippen MR) is 103 cm³/mol. The first kappa shape index (κ1) is 20.8. The third-order valence-corrected chi connectivity index (χ3v) is 5.31. The van der Waals surface area contributed by atoms with Crippen LogP contribution < -0.4 is 9.46 Å². The Bertz CT molecular complexity index is 896. The zero-order valence-electron chi connectivity index (χ0n) is 15.5. The Morgan fingerprint density at radius 1 is 1.15 bits per heavy atom. The van der Waals surface area contributed by atoms with Crippen molar-refractivity contribution in [2.45, 2.75) is 18.2 Å². The van der Waals surface area contributed by atoms with Gasteiger partial charge in [0.15, 0.2) is 0 Å². The van der Waals surface area contributed by atoms with Crippen molar-refractivity contribution in [3.05, 3.63) is 58.1 Å². The molecule has 0 aromatic heterocycles. The fourth-order valence-electron chi connectivity index (χ4n) is 2.30. The van der Waals surface area contributed by atoms with E-state index in [1.807, 2.05) is 38.1 Å². The number of aryl methyl sites for hydroxylation is 1. The number of likely N-dealkylation sites (N-methyl/N-ethyl adjacent to an activating group) is 1. The van der Waals surface area contributed by atoms with Crippen molar-refractivity contribution in [2.75, 3.05) is 27.2 Å².